The van der Waals surface area contributed by atoms with Gasteiger partial charge in [0.15, 0.2) is 0 Å². The van der Waals surface area contributed by atoms with Crippen molar-refractivity contribution in [1.29, 1.82) is 0 Å². The van der Waals surface area contributed by atoms with Crippen molar-refractivity contribution in [2.24, 2.45) is 0 Å². The molecule has 20 heavy (non-hydrogen) atoms. The Hall–Kier alpha value is -0.900. The zero-order chi connectivity index (χ0) is 15.6. The molecule has 0 bridgehead atoms. The molecular weight excluding hydrogens is 347 g/mol. The molecule has 112 valence electrons. The summed E-state index contributed by atoms with van der Waals surface area (Å²) in [6.45, 7) is 0. The highest BCUT2D eigenvalue weighted by molar-refractivity contribution is 8.04. The van der Waals surface area contributed by atoms with Gasteiger partial charge in [0.2, 0.25) is 0 Å². The van der Waals surface area contributed by atoms with E-state index in [-0.39, 0.29) is 0 Å². The molecule has 1 rings (SSSR count). The second-order valence-electron chi connectivity index (χ2n) is 3.26. The third-order valence-electron chi connectivity index (χ3n) is 1.89. The number of para-hydroxylation sites is 1. The van der Waals surface area contributed by atoms with E-state index in [1.165, 1.54) is 17.6 Å². The van der Waals surface area contributed by atoms with Gasteiger partial charge in [0.25, 0.3) is 5.91 Å². The van der Waals surface area contributed by atoms with E-state index in [1.807, 2.05) is 0 Å². The standard InChI is InChI=1S/C9H6Cl2F4N2O2S/c10-8(11,12)20-17(9(13,14)15)6-4-2-1-3-5(6)7(18)16-19/h1-4,19H,(H,16,18). The third-order valence-corrected chi connectivity index (χ3v) is 3.10. The van der Waals surface area contributed by atoms with E-state index in [0.29, 0.717) is 0 Å². The number of benzene rings is 1. The van der Waals surface area contributed by atoms with E-state index in [2.05, 4.69) is 0 Å². The molecule has 4 nitrogen and oxygen atoms in total. The highest BCUT2D eigenvalue weighted by Gasteiger charge is 2.45. The number of nitrogens with zero attached hydrogens (tertiary/aromatic N) is 1. The Balaban J connectivity index is 3.31. The topological polar surface area (TPSA) is 52.6 Å². The molecule has 0 aromatic heterocycles. The molecule has 0 fully saturated rings. The first kappa shape index (κ1) is 17.2. The van der Waals surface area contributed by atoms with Gasteiger partial charge >= 0.3 is 10.2 Å². The lowest BCUT2D eigenvalue weighted by Gasteiger charge is -2.28. The number of amides is 1. The van der Waals surface area contributed by atoms with E-state index < -0.39 is 43.6 Å². The van der Waals surface area contributed by atoms with Gasteiger partial charge in [-0.2, -0.15) is 4.39 Å². The molecule has 0 aliphatic carbocycles. The summed E-state index contributed by atoms with van der Waals surface area (Å²) >= 11 is 9.25. The predicted molar refractivity (Wildman–Crippen MR) is 67.4 cm³/mol. The summed E-state index contributed by atoms with van der Waals surface area (Å²) in [4.78, 5) is 11.3. The molecular formula is C9H6Cl2F4N2O2S. The van der Waals surface area contributed by atoms with E-state index in [0.717, 1.165) is 12.1 Å². The van der Waals surface area contributed by atoms with Crippen molar-refractivity contribution in [1.82, 2.24) is 5.48 Å². The van der Waals surface area contributed by atoms with Gasteiger partial charge in [-0.25, -0.2) is 9.79 Å². The number of halogens is 6. The summed E-state index contributed by atoms with van der Waals surface area (Å²) in [6.07, 6.45) is -5.07. The van der Waals surface area contributed by atoms with Crippen molar-refractivity contribution in [2.75, 3.05) is 4.31 Å². The van der Waals surface area contributed by atoms with E-state index in [1.54, 1.807) is 0 Å². The lowest BCUT2D eigenvalue weighted by molar-refractivity contribution is -0.114. The number of hydrogen-bond acceptors (Lipinski definition) is 4. The molecule has 1 amide bonds. The zero-order valence-electron chi connectivity index (χ0n) is 9.29. The average Bonchev–Trinajstić information content (AvgIpc) is 2.33. The van der Waals surface area contributed by atoms with Crippen molar-refractivity contribution < 1.29 is 27.6 Å². The van der Waals surface area contributed by atoms with Crippen LogP contribution >= 0.6 is 35.1 Å². The fourth-order valence-electron chi connectivity index (χ4n) is 1.24. The summed E-state index contributed by atoms with van der Waals surface area (Å²) in [5.41, 5.74) is -0.0914. The zero-order valence-corrected chi connectivity index (χ0v) is 11.6. The molecule has 2 N–H and O–H groups in total. The molecule has 11 heteroatoms. The lowest BCUT2D eigenvalue weighted by Crippen LogP contribution is -2.36. The van der Waals surface area contributed by atoms with E-state index >= 15 is 0 Å². The maximum Gasteiger partial charge on any atom is 0.495 e. The van der Waals surface area contributed by atoms with E-state index in [9.17, 15) is 22.4 Å². The molecule has 0 saturated carbocycles. The summed E-state index contributed by atoms with van der Waals surface area (Å²) < 4.78 is 48.0. The quantitative estimate of drug-likeness (QED) is 0.216. The van der Waals surface area contributed by atoms with Gasteiger partial charge in [-0.15, -0.1) is 13.2 Å². The van der Waals surface area contributed by atoms with Crippen LogP contribution in [0.2, 0.25) is 0 Å². The summed E-state index contributed by atoms with van der Waals surface area (Å²) in [5, 5.41) is 8.50. The monoisotopic (exact) mass is 352 g/mol. The Labute approximate surface area is 124 Å². The highest BCUT2D eigenvalue weighted by atomic mass is 35.5. The largest absolute Gasteiger partial charge is 0.495 e. The Morgan fingerprint density at radius 2 is 1.80 bits per heavy atom. The highest BCUT2D eigenvalue weighted by Crippen LogP contribution is 2.46. The molecule has 0 spiro atoms. The minimum absolute atomic E-state index is 0.516. The van der Waals surface area contributed by atoms with Crippen LogP contribution in [-0.2, 0) is 0 Å². The number of anilines is 1. The summed E-state index contributed by atoms with van der Waals surface area (Å²) in [5.74, 6) is -1.20. The minimum Gasteiger partial charge on any atom is -0.288 e. The predicted octanol–water partition coefficient (Wildman–Crippen LogP) is 3.84. The summed E-state index contributed by atoms with van der Waals surface area (Å²) in [6, 6.07) is 4.34. The van der Waals surface area contributed by atoms with Crippen LogP contribution in [0.1, 0.15) is 10.4 Å². The Bertz CT molecular complexity index is 496. The van der Waals surface area contributed by atoms with Gasteiger partial charge in [0.1, 0.15) is 0 Å². The molecule has 0 saturated heterocycles. The molecule has 1 aromatic carbocycles. The van der Waals surface area contributed by atoms with Crippen LogP contribution < -0.4 is 9.79 Å². The van der Waals surface area contributed by atoms with Gasteiger partial charge in [-0.3, -0.25) is 10.0 Å². The molecule has 0 heterocycles. The van der Waals surface area contributed by atoms with Crippen molar-refractivity contribution in [3.8, 4) is 0 Å². The van der Waals surface area contributed by atoms with Crippen molar-refractivity contribution >= 4 is 46.7 Å². The van der Waals surface area contributed by atoms with Crippen LogP contribution in [0.15, 0.2) is 24.3 Å². The average molecular weight is 353 g/mol. The molecule has 0 radical (unpaired) electrons. The van der Waals surface area contributed by atoms with Gasteiger partial charge < -0.3 is 0 Å². The first-order valence-electron chi connectivity index (χ1n) is 4.72. The number of alkyl halides is 6. The Kier molecular flexibility index (Phi) is 5.36. The van der Waals surface area contributed by atoms with Crippen LogP contribution in [0.4, 0.5) is 23.2 Å². The van der Waals surface area contributed by atoms with Crippen LogP contribution in [0.3, 0.4) is 0 Å². The molecule has 1 aromatic rings. The number of carbonyl (C=O) groups excluding carboxylic acids is 1. The van der Waals surface area contributed by atoms with Crippen molar-refractivity contribution in [2.45, 2.75) is 10.2 Å². The van der Waals surface area contributed by atoms with Gasteiger partial charge in [-0.05, 0) is 12.1 Å². The van der Waals surface area contributed by atoms with Crippen LogP contribution in [0, 0.1) is 0 Å². The van der Waals surface area contributed by atoms with Crippen LogP contribution in [0.5, 0.6) is 0 Å². The van der Waals surface area contributed by atoms with Crippen LogP contribution in [-0.4, -0.2) is 21.3 Å². The number of hydroxylamine groups is 1. The number of nitrogens with one attached hydrogen (secondary N) is 1. The van der Waals surface area contributed by atoms with Gasteiger partial charge in [-0.1, -0.05) is 35.3 Å². The maximum absolute atomic E-state index is 13.1. The molecule has 0 aliphatic heterocycles. The normalized spacial score (nSPS) is 12.2. The first-order valence-corrected chi connectivity index (χ1v) is 6.25. The lowest BCUT2D eigenvalue weighted by atomic mass is 10.1. The Morgan fingerprint density at radius 3 is 2.25 bits per heavy atom. The van der Waals surface area contributed by atoms with E-state index in [4.69, 9.17) is 28.4 Å². The second-order valence-corrected chi connectivity index (χ2v) is 6.05. The van der Waals surface area contributed by atoms with Crippen molar-refractivity contribution in [3.63, 3.8) is 0 Å². The molecule has 0 atom stereocenters. The molecule has 0 aliphatic rings. The van der Waals surface area contributed by atoms with Gasteiger partial charge in [0, 0.05) is 11.9 Å². The first-order chi connectivity index (χ1) is 9.06. The van der Waals surface area contributed by atoms with Crippen LogP contribution in [0.25, 0.3) is 0 Å². The second kappa shape index (κ2) is 6.25. The summed E-state index contributed by atoms with van der Waals surface area (Å²) in [7, 11) is 0. The fraction of sp³-hybridized carbons (Fsp3) is 0.222. The maximum atomic E-state index is 13.1. The smallest absolute Gasteiger partial charge is 0.288 e. The Morgan fingerprint density at radius 1 is 1.25 bits per heavy atom. The minimum atomic E-state index is -5.07. The number of hydrogen-bond donors (Lipinski definition) is 2. The van der Waals surface area contributed by atoms with Crippen molar-refractivity contribution in [3.05, 3.63) is 29.8 Å². The number of carbonyl (C=O) groups is 1. The SMILES string of the molecule is O=C(NO)c1ccccc1N(SC(F)(Cl)Cl)C(F)(F)F. The number of rotatable bonds is 4. The third kappa shape index (κ3) is 4.58. The molecule has 0 unspecified atom stereocenters. The van der Waals surface area contributed by atoms with Gasteiger partial charge in [0.05, 0.1) is 11.3 Å². The fourth-order valence-corrected chi connectivity index (χ4v) is 2.23.